The van der Waals surface area contributed by atoms with Crippen molar-refractivity contribution in [3.8, 4) is 0 Å². The van der Waals surface area contributed by atoms with Crippen LogP contribution in [0.2, 0.25) is 0 Å². The number of rotatable bonds is 3. The minimum absolute atomic E-state index is 0.135. The van der Waals surface area contributed by atoms with Gasteiger partial charge in [0.1, 0.15) is 6.10 Å². The molecule has 0 radical (unpaired) electrons. The van der Waals surface area contributed by atoms with Gasteiger partial charge in [-0.1, -0.05) is 13.8 Å². The lowest BCUT2D eigenvalue weighted by Gasteiger charge is -2.07. The predicted molar refractivity (Wildman–Crippen MR) is 36.1 cm³/mol. The van der Waals surface area contributed by atoms with E-state index in [2.05, 4.69) is 0 Å². The summed E-state index contributed by atoms with van der Waals surface area (Å²) in [6.07, 6.45) is -0.167. The Labute approximate surface area is 55.9 Å². The molecule has 2 nitrogen and oxygen atoms in total. The van der Waals surface area contributed by atoms with Crippen LogP contribution in [0.1, 0.15) is 27.2 Å². The van der Waals surface area contributed by atoms with Gasteiger partial charge in [-0.2, -0.15) is 0 Å². The summed E-state index contributed by atoms with van der Waals surface area (Å²) in [5.41, 5.74) is 0. The molecule has 0 saturated heterocycles. The van der Waals surface area contributed by atoms with Crippen LogP contribution in [0.3, 0.4) is 0 Å². The van der Waals surface area contributed by atoms with E-state index in [1.165, 1.54) is 6.92 Å². The number of Topliss-reactive ketones (excluding diaryl/α,β-unsaturated/α-hetero) is 1. The van der Waals surface area contributed by atoms with Crippen LogP contribution < -0.4 is 0 Å². The van der Waals surface area contributed by atoms with Crippen molar-refractivity contribution in [1.82, 2.24) is 0 Å². The third-order valence-electron chi connectivity index (χ3n) is 1.16. The lowest BCUT2D eigenvalue weighted by atomic mass is 10.0. The Kier molecular flexibility index (Phi) is 3.47. The minimum Gasteiger partial charge on any atom is -0.385 e. The molecular formula is C7H14O2. The predicted octanol–water partition coefficient (Wildman–Crippen LogP) is 0.982. The number of hydrogen-bond donors (Lipinski definition) is 1. The number of ketones is 1. The van der Waals surface area contributed by atoms with Crippen LogP contribution in [0, 0.1) is 5.92 Å². The molecule has 0 aromatic heterocycles. The maximum atomic E-state index is 10.4. The lowest BCUT2D eigenvalue weighted by Crippen LogP contribution is -2.18. The molecule has 0 amide bonds. The molecule has 2 heteroatoms. The molecule has 0 aliphatic carbocycles. The standard InChI is InChI=1S/C7H14O2/c1-5(2)4-7(9)6(3)8/h5,7,9H,4H2,1-3H3/t7-/m0/s1. The third-order valence-corrected chi connectivity index (χ3v) is 1.16. The molecule has 0 heterocycles. The van der Waals surface area contributed by atoms with E-state index in [0.29, 0.717) is 12.3 Å². The van der Waals surface area contributed by atoms with Crippen LogP contribution in [-0.2, 0) is 4.79 Å². The molecule has 0 bridgehead atoms. The van der Waals surface area contributed by atoms with Crippen molar-refractivity contribution in [2.45, 2.75) is 33.3 Å². The van der Waals surface area contributed by atoms with Gasteiger partial charge in [0.05, 0.1) is 0 Å². The summed E-state index contributed by atoms with van der Waals surface area (Å²) in [4.78, 5) is 10.4. The Hall–Kier alpha value is -0.370. The van der Waals surface area contributed by atoms with E-state index in [-0.39, 0.29) is 5.78 Å². The zero-order valence-corrected chi connectivity index (χ0v) is 6.22. The second kappa shape index (κ2) is 3.62. The van der Waals surface area contributed by atoms with E-state index < -0.39 is 6.10 Å². The van der Waals surface area contributed by atoms with E-state index in [1.807, 2.05) is 13.8 Å². The number of aliphatic hydroxyl groups excluding tert-OH is 1. The molecule has 9 heavy (non-hydrogen) atoms. The highest BCUT2D eigenvalue weighted by Gasteiger charge is 2.10. The van der Waals surface area contributed by atoms with Crippen LogP contribution in [-0.4, -0.2) is 17.0 Å². The van der Waals surface area contributed by atoms with Crippen LogP contribution in [0.5, 0.6) is 0 Å². The summed E-state index contributed by atoms with van der Waals surface area (Å²) >= 11 is 0. The number of aliphatic hydroxyl groups is 1. The number of hydrogen-bond acceptors (Lipinski definition) is 2. The minimum atomic E-state index is -0.745. The molecule has 0 spiro atoms. The highest BCUT2D eigenvalue weighted by Crippen LogP contribution is 2.04. The fraction of sp³-hybridized carbons (Fsp3) is 0.857. The molecule has 0 aliphatic rings. The molecular weight excluding hydrogens is 116 g/mol. The van der Waals surface area contributed by atoms with Crippen molar-refractivity contribution in [2.75, 3.05) is 0 Å². The maximum absolute atomic E-state index is 10.4. The topological polar surface area (TPSA) is 37.3 Å². The number of carbonyl (C=O) groups excluding carboxylic acids is 1. The molecule has 1 atom stereocenters. The first-order valence-electron chi connectivity index (χ1n) is 3.22. The van der Waals surface area contributed by atoms with Gasteiger partial charge in [-0.3, -0.25) is 4.79 Å². The van der Waals surface area contributed by atoms with Gasteiger partial charge in [0.15, 0.2) is 5.78 Å². The summed E-state index contributed by atoms with van der Waals surface area (Å²) in [6.45, 7) is 5.37. The monoisotopic (exact) mass is 130 g/mol. The molecule has 0 saturated carbocycles. The first-order valence-corrected chi connectivity index (χ1v) is 3.22. The molecule has 0 aromatic rings. The maximum Gasteiger partial charge on any atom is 0.158 e. The summed E-state index contributed by atoms with van der Waals surface area (Å²) in [5, 5.41) is 8.95. The molecule has 0 fully saturated rings. The zero-order chi connectivity index (χ0) is 7.44. The summed E-state index contributed by atoms with van der Waals surface area (Å²) < 4.78 is 0. The zero-order valence-electron chi connectivity index (χ0n) is 6.22. The summed E-state index contributed by atoms with van der Waals surface area (Å²) in [7, 11) is 0. The first-order chi connectivity index (χ1) is 4.04. The van der Waals surface area contributed by atoms with Gasteiger partial charge in [0.25, 0.3) is 0 Å². The van der Waals surface area contributed by atoms with Crippen molar-refractivity contribution < 1.29 is 9.90 Å². The van der Waals surface area contributed by atoms with Gasteiger partial charge >= 0.3 is 0 Å². The average Bonchev–Trinajstić information content (AvgIpc) is 1.63. The van der Waals surface area contributed by atoms with Gasteiger partial charge in [-0.05, 0) is 19.3 Å². The van der Waals surface area contributed by atoms with Crippen LogP contribution >= 0.6 is 0 Å². The first kappa shape index (κ1) is 8.63. The molecule has 0 aromatic carbocycles. The van der Waals surface area contributed by atoms with E-state index >= 15 is 0 Å². The Morgan fingerprint density at radius 1 is 1.56 bits per heavy atom. The highest BCUT2D eigenvalue weighted by atomic mass is 16.3. The Balaban J connectivity index is 3.50. The lowest BCUT2D eigenvalue weighted by molar-refractivity contribution is -0.125. The molecule has 54 valence electrons. The van der Waals surface area contributed by atoms with Crippen LogP contribution in [0.4, 0.5) is 0 Å². The molecule has 0 unspecified atom stereocenters. The Bertz CT molecular complexity index is 97.1. The van der Waals surface area contributed by atoms with E-state index in [1.54, 1.807) is 0 Å². The number of carbonyl (C=O) groups is 1. The van der Waals surface area contributed by atoms with Crippen molar-refractivity contribution in [2.24, 2.45) is 5.92 Å². The SMILES string of the molecule is CC(=O)[C@@H](O)CC(C)C. The molecule has 1 N–H and O–H groups in total. The molecule has 0 rings (SSSR count). The van der Waals surface area contributed by atoms with Crippen LogP contribution in [0.15, 0.2) is 0 Å². The van der Waals surface area contributed by atoms with Crippen molar-refractivity contribution in [3.63, 3.8) is 0 Å². The van der Waals surface area contributed by atoms with E-state index in [0.717, 1.165) is 0 Å². The molecule has 0 aliphatic heterocycles. The third kappa shape index (κ3) is 4.15. The summed E-state index contributed by atoms with van der Waals surface area (Å²) in [6, 6.07) is 0. The Morgan fingerprint density at radius 2 is 2.00 bits per heavy atom. The average molecular weight is 130 g/mol. The van der Waals surface area contributed by atoms with Gasteiger partial charge in [-0.25, -0.2) is 0 Å². The van der Waals surface area contributed by atoms with Crippen molar-refractivity contribution in [3.05, 3.63) is 0 Å². The Morgan fingerprint density at radius 3 is 2.11 bits per heavy atom. The van der Waals surface area contributed by atoms with Gasteiger partial charge < -0.3 is 5.11 Å². The van der Waals surface area contributed by atoms with Gasteiger partial charge in [0, 0.05) is 0 Å². The summed E-state index contributed by atoms with van der Waals surface area (Å²) in [5.74, 6) is 0.257. The normalized spacial score (nSPS) is 13.9. The van der Waals surface area contributed by atoms with Gasteiger partial charge in [-0.15, -0.1) is 0 Å². The van der Waals surface area contributed by atoms with Gasteiger partial charge in [0.2, 0.25) is 0 Å². The van der Waals surface area contributed by atoms with E-state index in [9.17, 15) is 4.79 Å². The largest absolute Gasteiger partial charge is 0.385 e. The van der Waals surface area contributed by atoms with Crippen LogP contribution in [0.25, 0.3) is 0 Å². The van der Waals surface area contributed by atoms with E-state index in [4.69, 9.17) is 5.11 Å². The second-order valence-electron chi connectivity index (χ2n) is 2.76. The highest BCUT2D eigenvalue weighted by molar-refractivity contribution is 5.80. The van der Waals surface area contributed by atoms with Crippen molar-refractivity contribution in [1.29, 1.82) is 0 Å². The fourth-order valence-corrected chi connectivity index (χ4v) is 0.612. The smallest absolute Gasteiger partial charge is 0.158 e. The van der Waals surface area contributed by atoms with Crippen molar-refractivity contribution >= 4 is 5.78 Å². The second-order valence-corrected chi connectivity index (χ2v) is 2.76. The quantitative estimate of drug-likeness (QED) is 0.618. The fourth-order valence-electron chi connectivity index (χ4n) is 0.612.